The predicted molar refractivity (Wildman–Crippen MR) is 129 cm³/mol. The summed E-state index contributed by atoms with van der Waals surface area (Å²) >= 11 is 0. The van der Waals surface area contributed by atoms with Crippen molar-refractivity contribution >= 4 is 6.03 Å². The number of halogens is 3. The average molecular weight is 500 g/mol. The fraction of sp³-hybridized carbons (Fsp3) is 0.731. The summed E-state index contributed by atoms with van der Waals surface area (Å²) in [7, 11) is 3.41. The van der Waals surface area contributed by atoms with Crippen molar-refractivity contribution in [2.24, 2.45) is 11.8 Å². The Bertz CT molecular complexity index is 820. The van der Waals surface area contributed by atoms with E-state index in [1.807, 2.05) is 0 Å². The van der Waals surface area contributed by atoms with Gasteiger partial charge in [0, 0.05) is 58.2 Å². The van der Waals surface area contributed by atoms with Crippen LogP contribution in [0.1, 0.15) is 56.9 Å². The molecule has 1 aliphatic carbocycles. The summed E-state index contributed by atoms with van der Waals surface area (Å²) in [6.07, 6.45) is 3.62. The van der Waals surface area contributed by atoms with Crippen LogP contribution < -0.4 is 10.6 Å². The molecule has 2 amide bonds. The van der Waals surface area contributed by atoms with Gasteiger partial charge in [0.25, 0.3) is 0 Å². The highest BCUT2D eigenvalue weighted by atomic mass is 19.3. The number of likely N-dealkylation sites (tertiary alicyclic amines) is 1. The van der Waals surface area contributed by atoms with Crippen LogP contribution in [-0.4, -0.2) is 68.4 Å². The zero-order valence-corrected chi connectivity index (χ0v) is 20.9. The van der Waals surface area contributed by atoms with Crippen LogP contribution in [0.5, 0.6) is 0 Å². The fourth-order valence-electron chi connectivity index (χ4n) is 5.59. The number of ether oxygens (including phenoxy) is 1. The molecule has 3 N–H and O–H groups in total. The van der Waals surface area contributed by atoms with Crippen LogP contribution in [0.15, 0.2) is 24.3 Å². The molecule has 0 radical (unpaired) electrons. The number of hydrogen-bond acceptors (Lipinski definition) is 4. The molecule has 1 aromatic carbocycles. The predicted octanol–water partition coefficient (Wildman–Crippen LogP) is 4.28. The van der Waals surface area contributed by atoms with Crippen molar-refractivity contribution in [2.75, 3.05) is 40.4 Å². The topological polar surface area (TPSA) is 73.8 Å². The average Bonchev–Trinajstić information content (AvgIpc) is 2.80. The van der Waals surface area contributed by atoms with Crippen LogP contribution >= 0.6 is 0 Å². The number of likely N-dealkylation sites (N-methyl/N-ethyl adjacent to an activating group) is 1. The van der Waals surface area contributed by atoms with Gasteiger partial charge >= 0.3 is 6.03 Å². The van der Waals surface area contributed by atoms with Crippen LogP contribution in [0.4, 0.5) is 18.0 Å². The summed E-state index contributed by atoms with van der Waals surface area (Å²) in [5.74, 6) is -3.33. The van der Waals surface area contributed by atoms with Crippen LogP contribution in [-0.2, 0) is 10.3 Å². The minimum atomic E-state index is -2.58. The monoisotopic (exact) mass is 499 g/mol. The summed E-state index contributed by atoms with van der Waals surface area (Å²) in [5.41, 5.74) is -0.738. The third-order valence-electron chi connectivity index (χ3n) is 7.44. The second-order valence-corrected chi connectivity index (χ2v) is 10.2. The Morgan fingerprint density at radius 3 is 2.77 bits per heavy atom. The lowest BCUT2D eigenvalue weighted by molar-refractivity contribution is -0.113. The first-order valence-electron chi connectivity index (χ1n) is 12.7. The number of nitrogens with zero attached hydrogens (tertiary/aromatic N) is 1. The van der Waals surface area contributed by atoms with Crippen LogP contribution in [0.2, 0.25) is 0 Å². The molecule has 198 valence electrons. The number of piperidine rings is 1. The van der Waals surface area contributed by atoms with Crippen molar-refractivity contribution in [2.45, 2.75) is 68.9 Å². The third-order valence-corrected chi connectivity index (χ3v) is 7.44. The van der Waals surface area contributed by atoms with E-state index in [1.54, 1.807) is 31.2 Å². The largest absolute Gasteiger partial charge is 0.385 e. The molecule has 35 heavy (non-hydrogen) atoms. The quantitative estimate of drug-likeness (QED) is 0.376. The number of nitrogens with one attached hydrogen (secondary N) is 2. The number of carbonyl (C=O) groups is 1. The lowest BCUT2D eigenvalue weighted by Crippen LogP contribution is -2.54. The number of carbonyl (C=O) groups excluding carboxylic acids is 1. The summed E-state index contributed by atoms with van der Waals surface area (Å²) in [6, 6.07) is 5.59. The van der Waals surface area contributed by atoms with Gasteiger partial charge in [0.05, 0.1) is 5.60 Å². The number of methoxy groups -OCH3 is 1. The minimum absolute atomic E-state index is 0.0945. The van der Waals surface area contributed by atoms with E-state index >= 15 is 0 Å². The maximum atomic E-state index is 14.1. The second-order valence-electron chi connectivity index (χ2n) is 10.2. The Labute approximate surface area is 206 Å². The summed E-state index contributed by atoms with van der Waals surface area (Å²) < 4.78 is 45.7. The maximum absolute atomic E-state index is 14.1. The molecule has 2 fully saturated rings. The van der Waals surface area contributed by atoms with E-state index in [1.165, 1.54) is 12.1 Å². The molecule has 0 aromatic heterocycles. The first-order valence-corrected chi connectivity index (χ1v) is 12.7. The molecule has 1 heterocycles. The molecular formula is C26H40F3N3O3. The van der Waals surface area contributed by atoms with E-state index in [2.05, 4.69) is 10.6 Å². The first-order chi connectivity index (χ1) is 16.7. The van der Waals surface area contributed by atoms with Crippen LogP contribution in [0.25, 0.3) is 0 Å². The van der Waals surface area contributed by atoms with E-state index < -0.39 is 17.3 Å². The van der Waals surface area contributed by atoms with Gasteiger partial charge in [0.1, 0.15) is 5.82 Å². The van der Waals surface area contributed by atoms with Crippen molar-refractivity contribution < 1.29 is 27.8 Å². The molecule has 0 bridgehead atoms. The highest BCUT2D eigenvalue weighted by Crippen LogP contribution is 2.44. The van der Waals surface area contributed by atoms with Crippen LogP contribution in [0.3, 0.4) is 0 Å². The zero-order valence-electron chi connectivity index (χ0n) is 20.9. The van der Waals surface area contributed by atoms with Crippen molar-refractivity contribution in [3.8, 4) is 0 Å². The van der Waals surface area contributed by atoms with Gasteiger partial charge in [0.2, 0.25) is 5.92 Å². The van der Waals surface area contributed by atoms with Crippen molar-refractivity contribution in [1.29, 1.82) is 0 Å². The molecule has 3 rings (SSSR count). The molecular weight excluding hydrogens is 459 g/mol. The van der Waals surface area contributed by atoms with Crippen molar-refractivity contribution in [1.82, 2.24) is 15.5 Å². The van der Waals surface area contributed by atoms with E-state index in [0.29, 0.717) is 51.1 Å². The Morgan fingerprint density at radius 1 is 1.34 bits per heavy atom. The number of alkyl halides is 2. The minimum Gasteiger partial charge on any atom is -0.385 e. The van der Waals surface area contributed by atoms with E-state index in [9.17, 15) is 23.1 Å². The summed E-state index contributed by atoms with van der Waals surface area (Å²) in [4.78, 5) is 14.8. The van der Waals surface area contributed by atoms with E-state index in [4.69, 9.17) is 4.74 Å². The molecule has 1 aliphatic heterocycles. The van der Waals surface area contributed by atoms with E-state index in [-0.39, 0.29) is 36.8 Å². The Balaban J connectivity index is 1.67. The maximum Gasteiger partial charge on any atom is 0.317 e. The van der Waals surface area contributed by atoms with Gasteiger partial charge in [-0.1, -0.05) is 12.1 Å². The molecule has 2 aliphatic rings. The molecule has 0 unspecified atom stereocenters. The molecule has 1 saturated heterocycles. The zero-order chi connectivity index (χ0) is 25.5. The number of urea groups is 1. The molecule has 3 atom stereocenters. The number of hydrogen-bond donors (Lipinski definition) is 3. The van der Waals surface area contributed by atoms with Gasteiger partial charge < -0.3 is 25.4 Å². The molecule has 1 aromatic rings. The second kappa shape index (κ2) is 12.4. The number of amides is 2. The SMILES string of the molecule is CNC[C@H](CC1CC(F)(F)C1)NC(=O)N1CCC[C@@H]([C@@](O)(CCCCOC)c2cccc(F)c2)C1. The Morgan fingerprint density at radius 2 is 2.11 bits per heavy atom. The highest BCUT2D eigenvalue weighted by molar-refractivity contribution is 5.74. The number of benzene rings is 1. The Hall–Kier alpha value is -1.84. The van der Waals surface area contributed by atoms with Gasteiger partial charge in [-0.15, -0.1) is 0 Å². The molecule has 9 heteroatoms. The highest BCUT2D eigenvalue weighted by Gasteiger charge is 2.46. The van der Waals surface area contributed by atoms with Gasteiger partial charge in [-0.3, -0.25) is 0 Å². The van der Waals surface area contributed by atoms with E-state index in [0.717, 1.165) is 19.3 Å². The van der Waals surface area contributed by atoms with Gasteiger partial charge in [-0.05, 0) is 69.2 Å². The third kappa shape index (κ3) is 7.57. The normalized spacial score (nSPS) is 22.8. The first kappa shape index (κ1) is 27.7. The number of unbranched alkanes of at least 4 members (excludes halogenated alkanes) is 1. The Kier molecular flexibility index (Phi) is 9.84. The summed E-state index contributed by atoms with van der Waals surface area (Å²) in [6.45, 7) is 1.98. The lowest BCUT2D eigenvalue weighted by atomic mass is 9.74. The van der Waals surface area contributed by atoms with Gasteiger partial charge in [-0.2, -0.15) is 0 Å². The van der Waals surface area contributed by atoms with Crippen molar-refractivity contribution in [3.05, 3.63) is 35.6 Å². The smallest absolute Gasteiger partial charge is 0.317 e. The standard InChI is InChI=1S/C26H40F3N3O3/c1-30-17-23(13-19-15-25(28,29)16-19)31-24(33)32-11-6-8-21(18-32)26(34,10-3-4-12-35-2)20-7-5-9-22(27)14-20/h5,7,9,14,19,21,23,30,34H,3-4,6,8,10-13,15-18H2,1-2H3,(H,31,33)/t21-,23+,26-/m1/s1. The number of rotatable bonds is 12. The van der Waals surface area contributed by atoms with Crippen molar-refractivity contribution in [3.63, 3.8) is 0 Å². The van der Waals surface area contributed by atoms with Gasteiger partial charge in [0.15, 0.2) is 0 Å². The molecule has 6 nitrogen and oxygen atoms in total. The number of aliphatic hydroxyl groups is 1. The van der Waals surface area contributed by atoms with Crippen LogP contribution in [0, 0.1) is 17.7 Å². The lowest BCUT2D eigenvalue weighted by Gasteiger charge is -2.43. The fourth-order valence-corrected chi connectivity index (χ4v) is 5.59. The van der Waals surface area contributed by atoms with Gasteiger partial charge in [-0.25, -0.2) is 18.0 Å². The molecule has 0 spiro atoms. The summed E-state index contributed by atoms with van der Waals surface area (Å²) in [5, 5.41) is 17.9. The molecule has 1 saturated carbocycles.